The molecule has 1 unspecified atom stereocenters. The first kappa shape index (κ1) is 9.30. The van der Waals surface area contributed by atoms with Crippen molar-refractivity contribution in [2.45, 2.75) is 13.0 Å². The van der Waals surface area contributed by atoms with Crippen LogP contribution in [0.15, 0.2) is 30.6 Å². The highest BCUT2D eigenvalue weighted by atomic mass is 32.1. The molecule has 0 fully saturated rings. The third kappa shape index (κ3) is 1.81. The highest BCUT2D eigenvalue weighted by Crippen LogP contribution is 2.27. The Labute approximate surface area is 86.1 Å². The molecule has 2 aromatic rings. The minimum Gasteiger partial charge on any atom is -0.383 e. The van der Waals surface area contributed by atoms with Crippen LogP contribution in [0.3, 0.4) is 0 Å². The van der Waals surface area contributed by atoms with E-state index in [0.717, 1.165) is 10.4 Å². The first-order valence-corrected chi connectivity index (χ1v) is 5.10. The molecule has 72 valence electrons. The fourth-order valence-electron chi connectivity index (χ4n) is 1.23. The summed E-state index contributed by atoms with van der Waals surface area (Å²) in [5, 5.41) is 17.3. The highest BCUT2D eigenvalue weighted by molar-refractivity contribution is 7.12. The van der Waals surface area contributed by atoms with Gasteiger partial charge >= 0.3 is 0 Å². The summed E-state index contributed by atoms with van der Waals surface area (Å²) in [6.07, 6.45) is 2.59. The summed E-state index contributed by atoms with van der Waals surface area (Å²) in [5.41, 5.74) is 0.779. The Morgan fingerprint density at radius 2 is 2.14 bits per heavy atom. The molecule has 2 rings (SSSR count). The zero-order chi connectivity index (χ0) is 9.97. The van der Waals surface area contributed by atoms with Crippen molar-refractivity contribution in [2.24, 2.45) is 0 Å². The normalized spacial score (nSPS) is 12.7. The number of aromatic nitrogens is 2. The Balaban J connectivity index is 2.29. The van der Waals surface area contributed by atoms with Crippen LogP contribution in [0.4, 0.5) is 0 Å². The summed E-state index contributed by atoms with van der Waals surface area (Å²) in [5.74, 6) is 0. The van der Waals surface area contributed by atoms with Gasteiger partial charge in [0, 0.05) is 21.5 Å². The van der Waals surface area contributed by atoms with E-state index in [1.165, 1.54) is 4.88 Å². The van der Waals surface area contributed by atoms with Crippen LogP contribution < -0.4 is 0 Å². The van der Waals surface area contributed by atoms with Crippen LogP contribution in [0.1, 0.15) is 21.4 Å². The molecule has 14 heavy (non-hydrogen) atoms. The Morgan fingerprint density at radius 1 is 1.29 bits per heavy atom. The molecule has 1 N–H and O–H groups in total. The van der Waals surface area contributed by atoms with E-state index in [2.05, 4.69) is 10.2 Å². The van der Waals surface area contributed by atoms with Gasteiger partial charge in [0.15, 0.2) is 0 Å². The molecular formula is C10H10N2OS. The van der Waals surface area contributed by atoms with Crippen LogP contribution in [0.5, 0.6) is 0 Å². The van der Waals surface area contributed by atoms with Crippen molar-refractivity contribution >= 4 is 11.3 Å². The van der Waals surface area contributed by atoms with Gasteiger partial charge in [-0.1, -0.05) is 0 Å². The molecule has 0 aliphatic rings. The quantitative estimate of drug-likeness (QED) is 0.816. The molecule has 3 nitrogen and oxygen atoms in total. The summed E-state index contributed by atoms with van der Waals surface area (Å²) in [4.78, 5) is 2.14. The topological polar surface area (TPSA) is 46.0 Å². The summed E-state index contributed by atoms with van der Waals surface area (Å²) in [6.45, 7) is 2.02. The van der Waals surface area contributed by atoms with Crippen molar-refractivity contribution in [3.05, 3.63) is 45.9 Å². The van der Waals surface area contributed by atoms with Gasteiger partial charge in [0.2, 0.25) is 0 Å². The fraction of sp³-hybridized carbons (Fsp3) is 0.200. The van der Waals surface area contributed by atoms with Gasteiger partial charge in [0.25, 0.3) is 0 Å². The molecule has 0 aliphatic heterocycles. The Bertz CT molecular complexity index is 413. The standard InChI is InChI=1S/C10H10N2OS/c1-7-2-3-9(14-7)10(13)8-4-5-11-12-6-8/h2-6,10,13H,1H3. The van der Waals surface area contributed by atoms with Crippen molar-refractivity contribution in [1.29, 1.82) is 0 Å². The number of aliphatic hydroxyl groups excluding tert-OH is 1. The molecule has 0 amide bonds. The van der Waals surface area contributed by atoms with Crippen LogP contribution in [0.25, 0.3) is 0 Å². The van der Waals surface area contributed by atoms with Crippen molar-refractivity contribution in [2.75, 3.05) is 0 Å². The van der Waals surface area contributed by atoms with E-state index in [1.54, 1.807) is 29.8 Å². The summed E-state index contributed by atoms with van der Waals surface area (Å²) in [7, 11) is 0. The third-order valence-corrected chi connectivity index (χ3v) is 3.01. The van der Waals surface area contributed by atoms with Gasteiger partial charge in [0.1, 0.15) is 6.10 Å². The van der Waals surface area contributed by atoms with Gasteiger partial charge in [0.05, 0.1) is 6.20 Å². The first-order chi connectivity index (χ1) is 6.77. The van der Waals surface area contributed by atoms with Crippen molar-refractivity contribution in [3.63, 3.8) is 0 Å². The second-order valence-electron chi connectivity index (χ2n) is 3.03. The molecule has 2 aromatic heterocycles. The fourth-order valence-corrected chi connectivity index (χ4v) is 2.12. The first-order valence-electron chi connectivity index (χ1n) is 4.28. The maximum atomic E-state index is 9.95. The number of rotatable bonds is 2. The largest absolute Gasteiger partial charge is 0.383 e. The SMILES string of the molecule is Cc1ccc(C(O)c2ccnnc2)s1. The van der Waals surface area contributed by atoms with Gasteiger partial charge in [-0.2, -0.15) is 10.2 Å². The molecule has 0 aromatic carbocycles. The lowest BCUT2D eigenvalue weighted by atomic mass is 10.1. The van der Waals surface area contributed by atoms with E-state index in [-0.39, 0.29) is 0 Å². The molecule has 1 atom stereocenters. The summed E-state index contributed by atoms with van der Waals surface area (Å²) >= 11 is 1.59. The zero-order valence-electron chi connectivity index (χ0n) is 7.71. The lowest BCUT2D eigenvalue weighted by Gasteiger charge is -2.06. The van der Waals surface area contributed by atoms with Gasteiger partial charge < -0.3 is 5.11 Å². The Hall–Kier alpha value is -1.26. The van der Waals surface area contributed by atoms with Crippen LogP contribution in [-0.4, -0.2) is 15.3 Å². The average Bonchev–Trinajstić information content (AvgIpc) is 2.65. The smallest absolute Gasteiger partial charge is 0.115 e. The van der Waals surface area contributed by atoms with Gasteiger partial charge in [-0.15, -0.1) is 11.3 Å². The lowest BCUT2D eigenvalue weighted by Crippen LogP contribution is -1.97. The molecular weight excluding hydrogens is 196 g/mol. The Morgan fingerprint density at radius 3 is 2.71 bits per heavy atom. The molecule has 0 radical (unpaired) electrons. The molecule has 0 aliphatic carbocycles. The monoisotopic (exact) mass is 206 g/mol. The van der Waals surface area contributed by atoms with Crippen molar-refractivity contribution < 1.29 is 5.11 Å². The van der Waals surface area contributed by atoms with E-state index in [1.807, 2.05) is 19.1 Å². The number of aryl methyl sites for hydroxylation is 1. The number of hydrogen-bond acceptors (Lipinski definition) is 4. The lowest BCUT2D eigenvalue weighted by molar-refractivity contribution is 0.223. The predicted molar refractivity (Wildman–Crippen MR) is 55.1 cm³/mol. The average molecular weight is 206 g/mol. The van der Waals surface area contributed by atoms with Crippen LogP contribution in [0.2, 0.25) is 0 Å². The zero-order valence-corrected chi connectivity index (χ0v) is 8.53. The molecule has 0 bridgehead atoms. The summed E-state index contributed by atoms with van der Waals surface area (Å²) < 4.78 is 0. The summed E-state index contributed by atoms with van der Waals surface area (Å²) in [6, 6.07) is 5.70. The number of thiophene rings is 1. The minimum atomic E-state index is -0.579. The van der Waals surface area contributed by atoms with Gasteiger partial charge in [-0.25, -0.2) is 0 Å². The van der Waals surface area contributed by atoms with E-state index >= 15 is 0 Å². The van der Waals surface area contributed by atoms with Crippen molar-refractivity contribution in [3.8, 4) is 0 Å². The predicted octanol–water partition coefficient (Wildman–Crippen LogP) is 1.93. The Kier molecular flexibility index (Phi) is 2.56. The second kappa shape index (κ2) is 3.86. The number of aliphatic hydroxyl groups is 1. The van der Waals surface area contributed by atoms with Gasteiger partial charge in [-0.3, -0.25) is 0 Å². The number of hydrogen-bond donors (Lipinski definition) is 1. The maximum absolute atomic E-state index is 9.95. The van der Waals surface area contributed by atoms with E-state index in [4.69, 9.17) is 0 Å². The minimum absolute atomic E-state index is 0.579. The van der Waals surface area contributed by atoms with E-state index < -0.39 is 6.10 Å². The van der Waals surface area contributed by atoms with Crippen LogP contribution in [0, 0.1) is 6.92 Å². The molecule has 0 saturated heterocycles. The molecule has 0 saturated carbocycles. The van der Waals surface area contributed by atoms with Crippen LogP contribution >= 0.6 is 11.3 Å². The highest BCUT2D eigenvalue weighted by Gasteiger charge is 2.11. The third-order valence-electron chi connectivity index (χ3n) is 1.95. The maximum Gasteiger partial charge on any atom is 0.115 e. The van der Waals surface area contributed by atoms with Crippen molar-refractivity contribution in [1.82, 2.24) is 10.2 Å². The van der Waals surface area contributed by atoms with E-state index in [0.29, 0.717) is 0 Å². The van der Waals surface area contributed by atoms with Crippen LogP contribution in [-0.2, 0) is 0 Å². The second-order valence-corrected chi connectivity index (χ2v) is 4.35. The molecule has 4 heteroatoms. The number of nitrogens with zero attached hydrogens (tertiary/aromatic N) is 2. The van der Waals surface area contributed by atoms with E-state index in [9.17, 15) is 5.11 Å². The molecule has 0 spiro atoms. The van der Waals surface area contributed by atoms with Gasteiger partial charge in [-0.05, 0) is 25.1 Å². The molecule has 2 heterocycles.